The van der Waals surface area contributed by atoms with Crippen molar-refractivity contribution in [3.63, 3.8) is 0 Å². The van der Waals surface area contributed by atoms with E-state index in [9.17, 15) is 0 Å². The maximum atomic E-state index is 5.44. The first-order chi connectivity index (χ1) is 7.90. The Labute approximate surface area is 99.7 Å². The fraction of sp³-hybridized carbons (Fsp3) is 0.167. The second kappa shape index (κ2) is 5.42. The fourth-order valence-corrected chi connectivity index (χ4v) is 1.68. The number of ether oxygens (including phenoxy) is 1. The minimum atomic E-state index is -0.0621. The maximum absolute atomic E-state index is 5.44. The molecule has 2 aromatic rings. The van der Waals surface area contributed by atoms with Crippen LogP contribution in [0.5, 0.6) is 0 Å². The Morgan fingerprint density at radius 1 is 1.38 bits per heavy atom. The zero-order valence-electron chi connectivity index (χ0n) is 8.69. The number of hydrogen-bond acceptors (Lipinski definition) is 3. The normalized spacial score (nSPS) is 12.0. The molecule has 0 amide bonds. The number of aromatic nitrogens is 2. The third kappa shape index (κ3) is 2.67. The van der Waals surface area contributed by atoms with Crippen LogP contribution in [-0.4, -0.2) is 15.1 Å². The van der Waals surface area contributed by atoms with Crippen LogP contribution in [0.15, 0.2) is 49.1 Å². The van der Waals surface area contributed by atoms with Gasteiger partial charge in [0.25, 0.3) is 0 Å². The standard InChI is InChI=1S/C12H12N2OS/c16-10-15-12(8-14-7-6-13-9-14)11-4-2-1-3-5-11/h1-7,9-10,12H,8H2/t12-/m0/s1. The first-order valence-corrected chi connectivity index (χ1v) is 5.47. The highest BCUT2D eigenvalue weighted by molar-refractivity contribution is 7.78. The van der Waals surface area contributed by atoms with Crippen LogP contribution < -0.4 is 0 Å². The minimum Gasteiger partial charge on any atom is -0.480 e. The van der Waals surface area contributed by atoms with Gasteiger partial charge in [0.15, 0.2) is 0 Å². The molecule has 0 radical (unpaired) electrons. The van der Waals surface area contributed by atoms with Gasteiger partial charge >= 0.3 is 0 Å². The predicted molar refractivity (Wildman–Crippen MR) is 66.2 cm³/mol. The zero-order valence-corrected chi connectivity index (χ0v) is 9.51. The molecule has 2 rings (SSSR count). The van der Waals surface area contributed by atoms with Crippen LogP contribution in [0.3, 0.4) is 0 Å². The van der Waals surface area contributed by atoms with Crippen molar-refractivity contribution in [3.8, 4) is 0 Å². The third-order valence-corrected chi connectivity index (χ3v) is 2.44. The van der Waals surface area contributed by atoms with Crippen LogP contribution in [-0.2, 0) is 11.3 Å². The van der Waals surface area contributed by atoms with Gasteiger partial charge in [0, 0.05) is 12.4 Å². The molecule has 0 spiro atoms. The second-order valence-corrected chi connectivity index (χ2v) is 3.58. The summed E-state index contributed by atoms with van der Waals surface area (Å²) in [5, 5.41) is 0. The highest BCUT2D eigenvalue weighted by Gasteiger charge is 2.11. The fourth-order valence-electron chi connectivity index (χ4n) is 1.55. The van der Waals surface area contributed by atoms with Crippen molar-refractivity contribution in [1.29, 1.82) is 0 Å². The van der Waals surface area contributed by atoms with E-state index < -0.39 is 0 Å². The van der Waals surface area contributed by atoms with Gasteiger partial charge in [-0.1, -0.05) is 30.3 Å². The van der Waals surface area contributed by atoms with E-state index in [0.717, 1.165) is 5.56 Å². The van der Waals surface area contributed by atoms with Crippen LogP contribution in [0, 0.1) is 0 Å². The quantitative estimate of drug-likeness (QED) is 0.741. The Balaban J connectivity index is 2.14. The first kappa shape index (κ1) is 10.8. The van der Waals surface area contributed by atoms with Gasteiger partial charge in [0.2, 0.25) is 0 Å². The lowest BCUT2D eigenvalue weighted by Crippen LogP contribution is -2.10. The SMILES string of the molecule is S=CO[C@@H](Cn1ccnc1)c1ccccc1. The van der Waals surface area contributed by atoms with Gasteiger partial charge in [-0.05, 0) is 17.8 Å². The smallest absolute Gasteiger partial charge is 0.147 e. The molecule has 0 bridgehead atoms. The van der Waals surface area contributed by atoms with E-state index in [1.165, 1.54) is 5.55 Å². The number of imidazole rings is 1. The van der Waals surface area contributed by atoms with Crippen molar-refractivity contribution in [2.45, 2.75) is 12.6 Å². The molecule has 4 heteroatoms. The largest absolute Gasteiger partial charge is 0.480 e. The number of thiocarbonyl (C=S) groups is 1. The molecule has 0 aliphatic carbocycles. The van der Waals surface area contributed by atoms with E-state index in [4.69, 9.17) is 17.0 Å². The summed E-state index contributed by atoms with van der Waals surface area (Å²) in [7, 11) is 0. The highest BCUT2D eigenvalue weighted by atomic mass is 32.1. The van der Waals surface area contributed by atoms with Gasteiger partial charge in [0.05, 0.1) is 12.9 Å². The summed E-state index contributed by atoms with van der Waals surface area (Å²) in [4.78, 5) is 4.00. The Kier molecular flexibility index (Phi) is 3.66. The van der Waals surface area contributed by atoms with E-state index in [1.807, 2.05) is 41.1 Å². The van der Waals surface area contributed by atoms with Crippen molar-refractivity contribution in [1.82, 2.24) is 9.55 Å². The molecule has 0 fully saturated rings. The summed E-state index contributed by atoms with van der Waals surface area (Å²) in [6.45, 7) is 0.706. The van der Waals surface area contributed by atoms with E-state index in [-0.39, 0.29) is 6.10 Å². The molecule has 1 atom stereocenters. The molecule has 1 aromatic heterocycles. The molecule has 82 valence electrons. The highest BCUT2D eigenvalue weighted by Crippen LogP contribution is 2.18. The molecule has 1 aromatic carbocycles. The third-order valence-electron chi connectivity index (χ3n) is 2.33. The van der Waals surface area contributed by atoms with Crippen LogP contribution in [0.25, 0.3) is 0 Å². The second-order valence-electron chi connectivity index (χ2n) is 3.39. The Hall–Kier alpha value is -1.68. The topological polar surface area (TPSA) is 27.1 Å². The molecule has 16 heavy (non-hydrogen) atoms. The molecule has 0 unspecified atom stereocenters. The lowest BCUT2D eigenvalue weighted by Gasteiger charge is -2.16. The van der Waals surface area contributed by atoms with Gasteiger partial charge in [-0.2, -0.15) is 0 Å². The van der Waals surface area contributed by atoms with E-state index in [1.54, 1.807) is 12.5 Å². The lowest BCUT2D eigenvalue weighted by molar-refractivity contribution is 0.185. The summed E-state index contributed by atoms with van der Waals surface area (Å²) in [6.07, 6.45) is 5.36. The Morgan fingerprint density at radius 3 is 2.81 bits per heavy atom. The van der Waals surface area contributed by atoms with Gasteiger partial charge in [-0.3, -0.25) is 0 Å². The van der Waals surface area contributed by atoms with Crippen molar-refractivity contribution in [2.75, 3.05) is 0 Å². The summed E-state index contributed by atoms with van der Waals surface area (Å²) in [6, 6.07) is 10.0. The van der Waals surface area contributed by atoms with Gasteiger partial charge < -0.3 is 9.30 Å². The van der Waals surface area contributed by atoms with Crippen LogP contribution >= 0.6 is 12.2 Å². The van der Waals surface area contributed by atoms with Crippen LogP contribution in [0.1, 0.15) is 11.7 Å². The lowest BCUT2D eigenvalue weighted by atomic mass is 10.1. The average molecular weight is 232 g/mol. The zero-order chi connectivity index (χ0) is 11.2. The number of nitrogens with zero attached hydrogens (tertiary/aromatic N) is 2. The first-order valence-electron chi connectivity index (χ1n) is 5.00. The molecule has 0 aliphatic rings. The van der Waals surface area contributed by atoms with E-state index in [2.05, 4.69) is 4.98 Å². The number of hydrogen-bond donors (Lipinski definition) is 0. The van der Waals surface area contributed by atoms with E-state index in [0.29, 0.717) is 6.54 Å². The molecule has 1 heterocycles. The Bertz CT molecular complexity index is 428. The van der Waals surface area contributed by atoms with Gasteiger partial charge in [0.1, 0.15) is 11.7 Å². The molecule has 0 saturated heterocycles. The molecule has 0 N–H and O–H groups in total. The van der Waals surface area contributed by atoms with E-state index >= 15 is 0 Å². The maximum Gasteiger partial charge on any atom is 0.147 e. The van der Waals surface area contributed by atoms with Crippen LogP contribution in [0.2, 0.25) is 0 Å². The van der Waals surface area contributed by atoms with Crippen molar-refractivity contribution in [3.05, 3.63) is 54.6 Å². The van der Waals surface area contributed by atoms with Gasteiger partial charge in [-0.15, -0.1) is 0 Å². The summed E-state index contributed by atoms with van der Waals surface area (Å²) in [5.74, 6) is 0. The molecule has 0 aliphatic heterocycles. The summed E-state index contributed by atoms with van der Waals surface area (Å²) in [5.41, 5.74) is 2.42. The molecular formula is C12H12N2OS. The van der Waals surface area contributed by atoms with Crippen molar-refractivity contribution >= 4 is 17.8 Å². The monoisotopic (exact) mass is 232 g/mol. The Morgan fingerprint density at radius 2 is 2.19 bits per heavy atom. The molecular weight excluding hydrogens is 220 g/mol. The molecule has 3 nitrogen and oxygen atoms in total. The summed E-state index contributed by atoms with van der Waals surface area (Å²) < 4.78 is 7.41. The molecule has 0 saturated carbocycles. The number of rotatable bonds is 5. The predicted octanol–water partition coefficient (Wildman–Crippen LogP) is 2.60. The van der Waals surface area contributed by atoms with Gasteiger partial charge in [-0.25, -0.2) is 4.98 Å². The minimum absolute atomic E-state index is 0.0621. The van der Waals surface area contributed by atoms with Crippen molar-refractivity contribution < 1.29 is 4.74 Å². The number of benzene rings is 1. The summed E-state index contributed by atoms with van der Waals surface area (Å²) >= 11 is 4.75. The average Bonchev–Trinajstić information content (AvgIpc) is 2.83. The van der Waals surface area contributed by atoms with Crippen LogP contribution in [0.4, 0.5) is 0 Å². The van der Waals surface area contributed by atoms with Crippen molar-refractivity contribution in [2.24, 2.45) is 0 Å².